The molecule has 1 atom stereocenters. The van der Waals surface area contributed by atoms with E-state index in [1.54, 1.807) is 6.92 Å². The quantitative estimate of drug-likeness (QED) is 0.860. The van der Waals surface area contributed by atoms with Crippen molar-refractivity contribution < 1.29 is 18.3 Å². The van der Waals surface area contributed by atoms with Crippen LogP contribution >= 0.6 is 38.9 Å². The molecule has 19 heavy (non-hydrogen) atoms. The van der Waals surface area contributed by atoms with Gasteiger partial charge in [-0.3, -0.25) is 4.79 Å². The predicted molar refractivity (Wildman–Crippen MR) is 76.1 cm³/mol. The highest BCUT2D eigenvalue weighted by Crippen LogP contribution is 2.38. The zero-order valence-electron chi connectivity index (χ0n) is 9.84. The lowest BCUT2D eigenvalue weighted by Crippen LogP contribution is -2.53. The van der Waals surface area contributed by atoms with Crippen LogP contribution in [0.1, 0.15) is 6.92 Å². The van der Waals surface area contributed by atoms with Crippen molar-refractivity contribution >= 4 is 54.9 Å². The number of rotatable bonds is 4. The first-order valence-electron chi connectivity index (χ1n) is 5.41. The number of hydrogen-bond donors (Lipinski definition) is 1. The van der Waals surface area contributed by atoms with E-state index in [4.69, 9.17) is 16.7 Å². The molecular formula is C10H11BrClNO4S2. The summed E-state index contributed by atoms with van der Waals surface area (Å²) in [6.45, 7) is 2.07. The zero-order chi connectivity index (χ0) is 14.4. The number of halogens is 2. The molecule has 2 rings (SSSR count). The maximum Gasteiger partial charge on any atom is 0.306 e. The Hall–Kier alpha value is -0.150. The van der Waals surface area contributed by atoms with Crippen LogP contribution in [0, 0.1) is 11.8 Å². The number of carboxylic acids is 1. The van der Waals surface area contributed by atoms with Gasteiger partial charge < -0.3 is 5.11 Å². The molecule has 1 aliphatic heterocycles. The van der Waals surface area contributed by atoms with Gasteiger partial charge in [-0.15, -0.1) is 11.3 Å². The first-order chi connectivity index (χ1) is 8.73. The minimum absolute atomic E-state index is 0.133. The summed E-state index contributed by atoms with van der Waals surface area (Å²) in [6.07, 6.45) is 0. The number of nitrogens with zero attached hydrogens (tertiary/aromatic N) is 1. The molecule has 9 heteroatoms. The summed E-state index contributed by atoms with van der Waals surface area (Å²) in [7, 11) is -3.55. The number of hydrogen-bond acceptors (Lipinski definition) is 4. The van der Waals surface area contributed by atoms with Gasteiger partial charge in [0.25, 0.3) is 10.0 Å². The van der Waals surface area contributed by atoms with E-state index in [9.17, 15) is 13.2 Å². The SMILES string of the molecule is CC(C(=O)O)C1CN(S(=O)(=O)c2cc(Cl)c(Br)s2)C1. The van der Waals surface area contributed by atoms with Crippen LogP contribution in [0.5, 0.6) is 0 Å². The second-order valence-corrected chi connectivity index (χ2v) is 9.34. The smallest absolute Gasteiger partial charge is 0.306 e. The first-order valence-corrected chi connectivity index (χ1v) is 8.84. The van der Waals surface area contributed by atoms with Crippen molar-refractivity contribution in [1.82, 2.24) is 4.31 Å². The lowest BCUT2D eigenvalue weighted by molar-refractivity contribution is -0.144. The molecule has 1 aromatic heterocycles. The predicted octanol–water partition coefficient (Wildman–Crippen LogP) is 2.51. The highest BCUT2D eigenvalue weighted by Gasteiger charge is 2.42. The first kappa shape index (κ1) is 15.2. The van der Waals surface area contributed by atoms with Crippen molar-refractivity contribution in [2.75, 3.05) is 13.1 Å². The summed E-state index contributed by atoms with van der Waals surface area (Å²) in [5.41, 5.74) is 0. The molecule has 1 aliphatic rings. The van der Waals surface area contributed by atoms with Crippen LogP contribution in [-0.4, -0.2) is 36.9 Å². The van der Waals surface area contributed by atoms with Crippen LogP contribution in [-0.2, 0) is 14.8 Å². The third-order valence-electron chi connectivity index (χ3n) is 3.19. The molecule has 0 bridgehead atoms. The fourth-order valence-electron chi connectivity index (χ4n) is 1.76. The number of carbonyl (C=O) groups is 1. The molecule has 0 saturated carbocycles. The van der Waals surface area contributed by atoms with Gasteiger partial charge in [0.2, 0.25) is 0 Å². The monoisotopic (exact) mass is 387 g/mol. The standard InChI is InChI=1S/C10H11BrClNO4S2/c1-5(10(14)15)6-3-13(4-6)19(16,17)8-2-7(12)9(11)18-8/h2,5-6H,3-4H2,1H3,(H,14,15). The van der Waals surface area contributed by atoms with E-state index in [1.807, 2.05) is 0 Å². The molecule has 106 valence electrons. The van der Waals surface area contributed by atoms with E-state index in [1.165, 1.54) is 10.4 Å². The lowest BCUT2D eigenvalue weighted by atomic mass is 9.89. The Morgan fingerprint density at radius 3 is 2.63 bits per heavy atom. The van der Waals surface area contributed by atoms with Gasteiger partial charge in [0, 0.05) is 13.1 Å². The average Bonchev–Trinajstić information content (AvgIpc) is 2.57. The van der Waals surface area contributed by atoms with Crippen molar-refractivity contribution in [2.24, 2.45) is 11.8 Å². The van der Waals surface area contributed by atoms with Crippen molar-refractivity contribution in [1.29, 1.82) is 0 Å². The van der Waals surface area contributed by atoms with Gasteiger partial charge in [-0.05, 0) is 27.9 Å². The summed E-state index contributed by atoms with van der Waals surface area (Å²) in [5.74, 6) is -1.57. The third kappa shape index (κ3) is 2.82. The highest BCUT2D eigenvalue weighted by molar-refractivity contribution is 9.11. The molecule has 1 saturated heterocycles. The van der Waals surface area contributed by atoms with Gasteiger partial charge in [0.15, 0.2) is 0 Å². The molecule has 0 spiro atoms. The molecule has 2 heterocycles. The number of carboxylic acid groups (broad SMARTS) is 1. The Bertz CT molecular complexity index is 590. The van der Waals surface area contributed by atoms with Crippen molar-refractivity contribution in [2.45, 2.75) is 11.1 Å². The summed E-state index contributed by atoms with van der Waals surface area (Å²) in [6, 6.07) is 1.40. The Morgan fingerprint density at radius 1 is 1.63 bits per heavy atom. The van der Waals surface area contributed by atoms with Crippen LogP contribution in [0.4, 0.5) is 0 Å². The Balaban J connectivity index is 2.10. The van der Waals surface area contributed by atoms with Gasteiger partial charge in [-0.1, -0.05) is 18.5 Å². The normalized spacial score (nSPS) is 19.1. The summed E-state index contributed by atoms with van der Waals surface area (Å²) in [5, 5.41) is 9.23. The molecular weight excluding hydrogens is 378 g/mol. The van der Waals surface area contributed by atoms with Crippen LogP contribution in [0.25, 0.3) is 0 Å². The van der Waals surface area contributed by atoms with Crippen LogP contribution in [0.15, 0.2) is 14.1 Å². The lowest BCUT2D eigenvalue weighted by Gasteiger charge is -2.39. The van der Waals surface area contributed by atoms with Crippen LogP contribution < -0.4 is 0 Å². The van der Waals surface area contributed by atoms with Gasteiger partial charge >= 0.3 is 5.97 Å². The van der Waals surface area contributed by atoms with E-state index in [0.29, 0.717) is 8.81 Å². The molecule has 0 aromatic carbocycles. The molecule has 1 N–H and O–H groups in total. The topological polar surface area (TPSA) is 74.7 Å². The maximum absolute atomic E-state index is 12.2. The average molecular weight is 389 g/mol. The molecule has 1 unspecified atom stereocenters. The highest BCUT2D eigenvalue weighted by atomic mass is 79.9. The van der Waals surface area contributed by atoms with Gasteiger partial charge in [-0.25, -0.2) is 8.42 Å². The summed E-state index contributed by atoms with van der Waals surface area (Å²) in [4.78, 5) is 10.8. The van der Waals surface area contributed by atoms with Gasteiger partial charge in [0.05, 0.1) is 14.7 Å². The Morgan fingerprint density at radius 2 is 2.21 bits per heavy atom. The molecule has 0 amide bonds. The van der Waals surface area contributed by atoms with E-state index in [2.05, 4.69) is 15.9 Å². The number of thiophene rings is 1. The van der Waals surface area contributed by atoms with E-state index < -0.39 is 21.9 Å². The molecule has 1 aromatic rings. The largest absolute Gasteiger partial charge is 0.481 e. The molecule has 0 aliphatic carbocycles. The van der Waals surface area contributed by atoms with Crippen molar-refractivity contribution in [3.8, 4) is 0 Å². The second kappa shape index (κ2) is 5.33. The summed E-state index contributed by atoms with van der Waals surface area (Å²) < 4.78 is 26.5. The van der Waals surface area contributed by atoms with Crippen LogP contribution in [0.2, 0.25) is 5.02 Å². The number of aliphatic carboxylic acids is 1. The molecule has 1 fully saturated rings. The minimum atomic E-state index is -3.55. The Labute approximate surface area is 128 Å². The molecule has 0 radical (unpaired) electrons. The molecule has 5 nitrogen and oxygen atoms in total. The van der Waals surface area contributed by atoms with Crippen molar-refractivity contribution in [3.63, 3.8) is 0 Å². The van der Waals surface area contributed by atoms with Gasteiger partial charge in [0.1, 0.15) is 4.21 Å². The van der Waals surface area contributed by atoms with Crippen LogP contribution in [0.3, 0.4) is 0 Å². The number of sulfonamides is 1. The summed E-state index contributed by atoms with van der Waals surface area (Å²) >= 11 is 10.1. The minimum Gasteiger partial charge on any atom is -0.481 e. The van der Waals surface area contributed by atoms with Gasteiger partial charge in [-0.2, -0.15) is 4.31 Å². The van der Waals surface area contributed by atoms with E-state index in [-0.39, 0.29) is 23.2 Å². The maximum atomic E-state index is 12.2. The van der Waals surface area contributed by atoms with E-state index in [0.717, 1.165) is 11.3 Å². The fourth-order valence-corrected chi connectivity index (χ4v) is 5.87. The Kier molecular flexibility index (Phi) is 4.27. The fraction of sp³-hybridized carbons (Fsp3) is 0.500. The second-order valence-electron chi connectivity index (χ2n) is 4.40. The third-order valence-corrected chi connectivity index (χ3v) is 7.95. The van der Waals surface area contributed by atoms with E-state index >= 15 is 0 Å². The van der Waals surface area contributed by atoms with Crippen molar-refractivity contribution in [3.05, 3.63) is 14.9 Å². The zero-order valence-corrected chi connectivity index (χ0v) is 13.8.